The minimum Gasteiger partial charge on any atom is -0.378 e. The molecule has 2 fully saturated rings. The van der Waals surface area contributed by atoms with Crippen LogP contribution in [0.2, 0.25) is 0 Å². The zero-order valence-electron chi connectivity index (χ0n) is 11.3. The van der Waals surface area contributed by atoms with Crippen molar-refractivity contribution in [2.75, 3.05) is 26.2 Å². The molecule has 1 unspecified atom stereocenters. The monoisotopic (exact) mass is 269 g/mol. The molecule has 0 saturated carbocycles. The van der Waals surface area contributed by atoms with Crippen LogP contribution in [0.4, 0.5) is 0 Å². The number of piperidine rings is 1. The van der Waals surface area contributed by atoms with E-state index in [9.17, 15) is 9.59 Å². The minimum absolute atomic E-state index is 0.00222. The number of carbonyl (C=O) groups excluding carboxylic acids is 2. The highest BCUT2D eigenvalue weighted by Gasteiger charge is 2.29. The molecule has 6 heteroatoms. The number of amides is 2. The zero-order chi connectivity index (χ0) is 13.7. The molecule has 6 nitrogen and oxygen atoms in total. The van der Waals surface area contributed by atoms with Gasteiger partial charge in [0, 0.05) is 12.6 Å². The fourth-order valence-corrected chi connectivity index (χ4v) is 2.82. The average Bonchev–Trinajstić information content (AvgIpc) is 2.89. The van der Waals surface area contributed by atoms with Gasteiger partial charge in [-0.3, -0.25) is 9.59 Å². The molecule has 3 N–H and O–H groups in total. The molecule has 0 aromatic heterocycles. The van der Waals surface area contributed by atoms with Crippen molar-refractivity contribution in [1.82, 2.24) is 10.2 Å². The molecule has 2 amide bonds. The lowest BCUT2D eigenvalue weighted by molar-refractivity contribution is -0.140. The Morgan fingerprint density at radius 1 is 1.26 bits per heavy atom. The van der Waals surface area contributed by atoms with Crippen molar-refractivity contribution in [2.45, 2.75) is 44.2 Å². The van der Waals surface area contributed by atoms with Gasteiger partial charge in [0.1, 0.15) is 0 Å². The topological polar surface area (TPSA) is 84.7 Å². The molecule has 2 saturated heterocycles. The van der Waals surface area contributed by atoms with Crippen molar-refractivity contribution < 1.29 is 14.3 Å². The lowest BCUT2D eigenvalue weighted by atomic mass is 10.0. The number of nitrogens with zero attached hydrogens (tertiary/aromatic N) is 1. The Morgan fingerprint density at radius 3 is 2.58 bits per heavy atom. The van der Waals surface area contributed by atoms with Crippen LogP contribution in [0.5, 0.6) is 0 Å². The van der Waals surface area contributed by atoms with Crippen LogP contribution in [-0.4, -0.2) is 55.1 Å². The molecule has 19 heavy (non-hydrogen) atoms. The van der Waals surface area contributed by atoms with E-state index in [-0.39, 0.29) is 24.6 Å². The molecule has 0 aromatic carbocycles. The summed E-state index contributed by atoms with van der Waals surface area (Å²) in [5, 5.41) is 3.26. The molecule has 0 bridgehead atoms. The van der Waals surface area contributed by atoms with Gasteiger partial charge in [0.05, 0.1) is 19.1 Å². The average molecular weight is 269 g/mol. The maximum Gasteiger partial charge on any atom is 0.237 e. The van der Waals surface area contributed by atoms with Crippen molar-refractivity contribution in [3.05, 3.63) is 0 Å². The molecule has 1 atom stereocenters. The number of hydrogen-bond acceptors (Lipinski definition) is 4. The van der Waals surface area contributed by atoms with E-state index in [1.54, 1.807) is 4.90 Å². The minimum atomic E-state index is -0.445. The lowest BCUT2D eigenvalue weighted by Crippen LogP contribution is -2.49. The van der Waals surface area contributed by atoms with E-state index in [1.165, 1.54) is 0 Å². The second-order valence-electron chi connectivity index (χ2n) is 5.31. The fourth-order valence-electron chi connectivity index (χ4n) is 2.82. The number of nitrogens with two attached hydrogens (primary N) is 1. The van der Waals surface area contributed by atoms with E-state index >= 15 is 0 Å². The summed E-state index contributed by atoms with van der Waals surface area (Å²) in [4.78, 5) is 25.2. The van der Waals surface area contributed by atoms with Crippen molar-refractivity contribution in [1.29, 1.82) is 0 Å². The summed E-state index contributed by atoms with van der Waals surface area (Å²) < 4.78 is 5.49. The number of rotatable bonds is 5. The standard InChI is InChI=1S/C13H23N3O3/c14-12(17)9-16(10-3-5-15-6-4-10)13(18)8-11-2-1-7-19-11/h10-11,15H,1-9H2,(H2,14,17). The van der Waals surface area contributed by atoms with Gasteiger partial charge in [0.15, 0.2) is 0 Å². The molecule has 2 aliphatic rings. The largest absolute Gasteiger partial charge is 0.378 e. The third kappa shape index (κ3) is 4.18. The summed E-state index contributed by atoms with van der Waals surface area (Å²) in [5.74, 6) is -0.447. The number of primary amides is 1. The van der Waals surface area contributed by atoms with E-state index < -0.39 is 5.91 Å². The second kappa shape index (κ2) is 6.86. The van der Waals surface area contributed by atoms with E-state index in [1.807, 2.05) is 0 Å². The highest BCUT2D eigenvalue weighted by molar-refractivity contribution is 5.84. The van der Waals surface area contributed by atoms with Gasteiger partial charge in [-0.2, -0.15) is 0 Å². The van der Waals surface area contributed by atoms with E-state index in [0.717, 1.165) is 45.4 Å². The Bertz CT molecular complexity index is 323. The first-order valence-electron chi connectivity index (χ1n) is 7.07. The number of ether oxygens (including phenoxy) is 1. The molecular formula is C13H23N3O3. The first kappa shape index (κ1) is 14.3. The Morgan fingerprint density at radius 2 is 2.00 bits per heavy atom. The van der Waals surface area contributed by atoms with E-state index in [0.29, 0.717) is 6.42 Å². The normalized spacial score (nSPS) is 24.3. The van der Waals surface area contributed by atoms with Gasteiger partial charge in [-0.05, 0) is 38.8 Å². The van der Waals surface area contributed by atoms with E-state index in [2.05, 4.69) is 5.32 Å². The Labute approximate surface area is 113 Å². The molecule has 0 aliphatic carbocycles. The predicted octanol–water partition coefficient (Wildman–Crippen LogP) is -0.379. The Balaban J connectivity index is 1.94. The van der Waals surface area contributed by atoms with Gasteiger partial charge in [-0.1, -0.05) is 0 Å². The summed E-state index contributed by atoms with van der Waals surface area (Å²) in [6.45, 7) is 2.53. The SMILES string of the molecule is NC(=O)CN(C(=O)CC1CCCO1)C1CCNCC1. The highest BCUT2D eigenvalue weighted by atomic mass is 16.5. The summed E-state index contributed by atoms with van der Waals surface area (Å²) in [7, 11) is 0. The maximum atomic E-state index is 12.4. The lowest BCUT2D eigenvalue weighted by Gasteiger charge is -2.34. The molecule has 0 radical (unpaired) electrons. The second-order valence-corrected chi connectivity index (χ2v) is 5.31. The molecule has 2 rings (SSSR count). The van der Waals surface area contributed by atoms with Crippen LogP contribution in [0.25, 0.3) is 0 Å². The van der Waals surface area contributed by atoms with Gasteiger partial charge in [-0.25, -0.2) is 0 Å². The Hall–Kier alpha value is -1.14. The van der Waals surface area contributed by atoms with Crippen LogP contribution in [0, 0.1) is 0 Å². The first-order chi connectivity index (χ1) is 9.16. The fraction of sp³-hybridized carbons (Fsp3) is 0.846. The highest BCUT2D eigenvalue weighted by Crippen LogP contribution is 2.19. The van der Waals surface area contributed by atoms with Crippen LogP contribution in [0.15, 0.2) is 0 Å². The molecule has 108 valence electrons. The van der Waals surface area contributed by atoms with Crippen molar-refractivity contribution in [2.24, 2.45) is 5.73 Å². The number of hydrogen-bond donors (Lipinski definition) is 2. The van der Waals surface area contributed by atoms with Crippen LogP contribution in [0.3, 0.4) is 0 Å². The summed E-state index contributed by atoms with van der Waals surface area (Å²) in [6, 6.07) is 0.127. The van der Waals surface area contributed by atoms with Gasteiger partial charge >= 0.3 is 0 Å². The van der Waals surface area contributed by atoms with Crippen molar-refractivity contribution in [3.63, 3.8) is 0 Å². The first-order valence-corrected chi connectivity index (χ1v) is 7.07. The van der Waals surface area contributed by atoms with Gasteiger partial charge in [-0.15, -0.1) is 0 Å². The smallest absolute Gasteiger partial charge is 0.237 e. The van der Waals surface area contributed by atoms with Crippen LogP contribution in [-0.2, 0) is 14.3 Å². The maximum absolute atomic E-state index is 12.4. The predicted molar refractivity (Wildman–Crippen MR) is 70.4 cm³/mol. The Kier molecular flexibility index (Phi) is 5.15. The third-order valence-corrected chi connectivity index (χ3v) is 3.82. The molecule has 0 aromatic rings. The molecular weight excluding hydrogens is 246 g/mol. The van der Waals surface area contributed by atoms with Gasteiger partial charge in [0.2, 0.25) is 11.8 Å². The van der Waals surface area contributed by atoms with Crippen LogP contribution >= 0.6 is 0 Å². The van der Waals surface area contributed by atoms with Crippen LogP contribution < -0.4 is 11.1 Å². The number of carbonyl (C=O) groups is 2. The van der Waals surface area contributed by atoms with Crippen LogP contribution in [0.1, 0.15) is 32.1 Å². The zero-order valence-corrected chi connectivity index (χ0v) is 11.3. The van der Waals surface area contributed by atoms with Crippen molar-refractivity contribution >= 4 is 11.8 Å². The quantitative estimate of drug-likeness (QED) is 0.712. The third-order valence-electron chi connectivity index (χ3n) is 3.82. The molecule has 2 aliphatic heterocycles. The van der Waals surface area contributed by atoms with E-state index in [4.69, 9.17) is 10.5 Å². The molecule has 2 heterocycles. The summed E-state index contributed by atoms with van der Waals surface area (Å²) >= 11 is 0. The van der Waals surface area contributed by atoms with Crippen molar-refractivity contribution in [3.8, 4) is 0 Å². The number of nitrogens with one attached hydrogen (secondary N) is 1. The summed E-state index contributed by atoms with van der Waals surface area (Å²) in [6.07, 6.45) is 4.10. The molecule has 0 spiro atoms. The van der Waals surface area contributed by atoms with Gasteiger partial charge < -0.3 is 20.7 Å². The summed E-state index contributed by atoms with van der Waals surface area (Å²) in [5.41, 5.74) is 5.27. The van der Waals surface area contributed by atoms with Gasteiger partial charge in [0.25, 0.3) is 0 Å².